The third kappa shape index (κ3) is 5.27. The van der Waals surface area contributed by atoms with Gasteiger partial charge in [-0.3, -0.25) is 0 Å². The quantitative estimate of drug-likeness (QED) is 0.302. The van der Waals surface area contributed by atoms with Gasteiger partial charge in [0.2, 0.25) is 0 Å². The monoisotopic (exact) mass is 690 g/mol. The van der Waals surface area contributed by atoms with Crippen molar-refractivity contribution in [2.24, 2.45) is 57.2 Å². The molecule has 8 rings (SSSR count). The number of fused-ring (bicyclic) bond motifs is 7. The molecule has 7 heteroatoms. The second kappa shape index (κ2) is 11.7. The van der Waals surface area contributed by atoms with E-state index in [9.17, 15) is 18.3 Å². The topological polar surface area (TPSA) is 86.7 Å². The maximum Gasteiger partial charge on any atom is 0.335 e. The molecule has 1 aliphatic heterocycles. The number of hydrogen-bond donors (Lipinski definition) is 2. The highest BCUT2D eigenvalue weighted by Gasteiger charge is 2.71. The van der Waals surface area contributed by atoms with Crippen LogP contribution in [0.5, 0.6) is 0 Å². The van der Waals surface area contributed by atoms with Crippen LogP contribution >= 0.6 is 0 Å². The molecule has 1 aromatic rings. The number of benzene rings is 1. The number of nitrogens with zero attached hydrogens (tertiary/aromatic N) is 1. The largest absolute Gasteiger partial charge is 0.478 e. The molecule has 0 aromatic heterocycles. The number of aromatic carboxylic acids is 1. The Balaban J connectivity index is 1.05. The number of carboxylic acids is 1. The average Bonchev–Trinajstić information content (AvgIpc) is 3.82. The van der Waals surface area contributed by atoms with Crippen molar-refractivity contribution in [3.05, 3.63) is 41.5 Å². The first kappa shape index (κ1) is 34.4. The minimum Gasteiger partial charge on any atom is -0.478 e. The van der Waals surface area contributed by atoms with Crippen LogP contribution in [0.25, 0.3) is 5.57 Å². The number of nitrogens with one attached hydrogen (secondary N) is 1. The first-order chi connectivity index (χ1) is 23.1. The van der Waals surface area contributed by atoms with Crippen LogP contribution in [0.3, 0.4) is 0 Å². The molecule has 6 nitrogen and oxygen atoms in total. The van der Waals surface area contributed by atoms with Gasteiger partial charge in [-0.05, 0) is 151 Å². The van der Waals surface area contributed by atoms with Crippen LogP contribution in [0.15, 0.2) is 30.3 Å². The maximum atomic E-state index is 12.0. The van der Waals surface area contributed by atoms with E-state index in [1.807, 2.05) is 12.1 Å². The fraction of sp³-hybridized carbons (Fsp3) is 0.786. The molecular weight excluding hydrogens is 629 g/mol. The molecule has 7 aliphatic rings. The Labute approximate surface area is 296 Å². The Morgan fingerprint density at radius 1 is 0.857 bits per heavy atom. The third-order valence-corrected chi connectivity index (χ3v) is 18.7. The van der Waals surface area contributed by atoms with Gasteiger partial charge >= 0.3 is 5.97 Å². The summed E-state index contributed by atoms with van der Waals surface area (Å²) in [5.74, 6) is 4.45. The van der Waals surface area contributed by atoms with E-state index in [4.69, 9.17) is 0 Å². The van der Waals surface area contributed by atoms with Gasteiger partial charge in [0.25, 0.3) is 0 Å². The second-order valence-electron chi connectivity index (χ2n) is 19.2. The zero-order valence-electron chi connectivity index (χ0n) is 30.9. The van der Waals surface area contributed by atoms with E-state index >= 15 is 0 Å². The number of carboxylic acid groups (broad SMARTS) is 1. The summed E-state index contributed by atoms with van der Waals surface area (Å²) < 4.78 is 24.1. The van der Waals surface area contributed by atoms with Gasteiger partial charge in [0.05, 0.1) is 17.1 Å². The van der Waals surface area contributed by atoms with Crippen LogP contribution in [0.4, 0.5) is 0 Å². The lowest BCUT2D eigenvalue weighted by atomic mass is 9.33. The minimum absolute atomic E-state index is 0.0313. The number of rotatable bonds is 7. The zero-order chi connectivity index (χ0) is 34.6. The molecule has 0 amide bonds. The van der Waals surface area contributed by atoms with E-state index in [-0.39, 0.29) is 16.4 Å². The Bertz CT molecular complexity index is 1600. The van der Waals surface area contributed by atoms with Crippen LogP contribution in [0, 0.1) is 57.2 Å². The highest BCUT2D eigenvalue weighted by molar-refractivity contribution is 7.91. The van der Waals surface area contributed by atoms with E-state index in [1.165, 1.54) is 75.3 Å². The number of allylic oxidation sites excluding steroid dienone is 2. The molecule has 5 saturated carbocycles. The lowest BCUT2D eigenvalue weighted by Crippen LogP contribution is -2.68. The molecule has 1 saturated heterocycles. The number of sulfone groups is 1. The molecule has 1 heterocycles. The second-order valence-corrected chi connectivity index (χ2v) is 21.5. The van der Waals surface area contributed by atoms with Gasteiger partial charge in [-0.2, -0.15) is 0 Å². The molecule has 270 valence electrons. The van der Waals surface area contributed by atoms with Gasteiger partial charge in [0.15, 0.2) is 9.84 Å². The molecule has 6 fully saturated rings. The summed E-state index contributed by atoms with van der Waals surface area (Å²) in [5, 5.41) is 13.8. The molecule has 0 bridgehead atoms. The lowest BCUT2D eigenvalue weighted by molar-refractivity contribution is -0.221. The van der Waals surface area contributed by atoms with Gasteiger partial charge in [0.1, 0.15) is 0 Å². The van der Waals surface area contributed by atoms with E-state index in [2.05, 4.69) is 50.9 Å². The highest BCUT2D eigenvalue weighted by atomic mass is 32.2. The van der Waals surface area contributed by atoms with Crippen molar-refractivity contribution in [1.82, 2.24) is 10.2 Å². The first-order valence-corrected chi connectivity index (χ1v) is 21.7. The maximum absolute atomic E-state index is 12.0. The van der Waals surface area contributed by atoms with Gasteiger partial charge in [-0.15, -0.1) is 0 Å². The number of hydrogen-bond acceptors (Lipinski definition) is 5. The normalized spacial score (nSPS) is 44.2. The summed E-state index contributed by atoms with van der Waals surface area (Å²) >= 11 is 0. The molecule has 6 aliphatic carbocycles. The van der Waals surface area contributed by atoms with Crippen molar-refractivity contribution in [2.45, 2.75) is 111 Å². The Hall–Kier alpha value is -1.70. The van der Waals surface area contributed by atoms with Crippen LogP contribution in [0.2, 0.25) is 0 Å². The van der Waals surface area contributed by atoms with Gasteiger partial charge < -0.3 is 15.3 Å². The van der Waals surface area contributed by atoms with Crippen LogP contribution < -0.4 is 5.32 Å². The smallest absolute Gasteiger partial charge is 0.335 e. The Morgan fingerprint density at radius 3 is 2.24 bits per heavy atom. The van der Waals surface area contributed by atoms with Crippen LogP contribution in [-0.2, 0) is 9.84 Å². The van der Waals surface area contributed by atoms with Crippen molar-refractivity contribution in [3.8, 4) is 0 Å². The predicted molar refractivity (Wildman–Crippen MR) is 197 cm³/mol. The average molecular weight is 691 g/mol. The van der Waals surface area contributed by atoms with E-state index in [1.54, 1.807) is 12.1 Å². The lowest BCUT2D eigenvalue weighted by Gasteiger charge is -2.72. The third-order valence-electron chi connectivity index (χ3n) is 17.1. The summed E-state index contributed by atoms with van der Waals surface area (Å²) in [6.45, 7) is 16.4. The molecule has 1 aromatic carbocycles. The van der Waals surface area contributed by atoms with Crippen LogP contribution in [-0.4, -0.2) is 67.6 Å². The Morgan fingerprint density at radius 2 is 1.57 bits per heavy atom. The fourth-order valence-electron chi connectivity index (χ4n) is 14.3. The molecule has 0 radical (unpaired) electrons. The molecule has 0 spiro atoms. The molecule has 2 N–H and O–H groups in total. The molecule has 9 atom stereocenters. The summed E-state index contributed by atoms with van der Waals surface area (Å²) in [6.07, 6.45) is 17.2. The Kier molecular flexibility index (Phi) is 8.18. The van der Waals surface area contributed by atoms with Gasteiger partial charge in [-0.1, -0.05) is 52.8 Å². The summed E-state index contributed by atoms with van der Waals surface area (Å²) in [7, 11) is -2.84. The van der Waals surface area contributed by atoms with Gasteiger partial charge in [0, 0.05) is 31.7 Å². The van der Waals surface area contributed by atoms with Crippen molar-refractivity contribution < 1.29 is 18.3 Å². The van der Waals surface area contributed by atoms with Crippen molar-refractivity contribution in [3.63, 3.8) is 0 Å². The van der Waals surface area contributed by atoms with Crippen molar-refractivity contribution in [2.75, 3.05) is 37.7 Å². The SMILES string of the molecule is CC1(C)C(c2ccc(C(=O)O)cc2)=CC[C@]2(C)[C@H]3CC[C@@H]4[C@H]5[C@H](C6CC6)CC[C@]5(NCCN5CCS(=O)(=O)CC5)CC[C@@]4(C)[C@]3(C)CC[C@@H]12. The standard InChI is InChI=1S/C42H62N2O4S/c1-38(2)32(29-8-10-30(11-9-29)37(45)46)15-17-39(3)34(38)16-18-41(5)35(39)13-12-33-36-31(28-6-7-28)14-19-42(36,21-20-40(33,41)4)43-22-23-44-24-26-49(47,48)27-25-44/h8-11,15,28,31,33-36,43H,6-7,12-14,16-27H2,1-5H3,(H,45,46)/t31-,33+,34-,35+,36+,39-,40+,41+,42-/m0/s1. The molecule has 0 unspecified atom stereocenters. The van der Waals surface area contributed by atoms with E-state index in [0.717, 1.165) is 43.2 Å². The van der Waals surface area contributed by atoms with Crippen LogP contribution in [0.1, 0.15) is 121 Å². The minimum atomic E-state index is -2.84. The first-order valence-electron chi connectivity index (χ1n) is 19.9. The van der Waals surface area contributed by atoms with Gasteiger partial charge in [-0.25, -0.2) is 13.2 Å². The van der Waals surface area contributed by atoms with E-state index < -0.39 is 15.8 Å². The summed E-state index contributed by atoms with van der Waals surface area (Å²) in [5.41, 5.74) is 4.18. The fourth-order valence-corrected chi connectivity index (χ4v) is 15.6. The van der Waals surface area contributed by atoms with E-state index in [0.29, 0.717) is 52.8 Å². The summed E-state index contributed by atoms with van der Waals surface area (Å²) in [6, 6.07) is 7.63. The predicted octanol–water partition coefficient (Wildman–Crippen LogP) is 7.94. The van der Waals surface area contributed by atoms with Crippen molar-refractivity contribution >= 4 is 21.4 Å². The van der Waals surface area contributed by atoms with Crippen molar-refractivity contribution in [1.29, 1.82) is 0 Å². The number of carbonyl (C=O) groups is 1. The molecule has 49 heavy (non-hydrogen) atoms. The molecular formula is C42H62N2O4S. The highest BCUT2D eigenvalue weighted by Crippen LogP contribution is 2.77. The summed E-state index contributed by atoms with van der Waals surface area (Å²) in [4.78, 5) is 13.9. The zero-order valence-corrected chi connectivity index (χ0v) is 31.7.